The predicted octanol–water partition coefficient (Wildman–Crippen LogP) is 1.58. The summed E-state index contributed by atoms with van der Waals surface area (Å²) in [6, 6.07) is 5.32. The van der Waals surface area contributed by atoms with Gasteiger partial charge in [0.15, 0.2) is 6.61 Å². The average Bonchev–Trinajstić information content (AvgIpc) is 2.52. The van der Waals surface area contributed by atoms with Gasteiger partial charge in [-0.1, -0.05) is 17.7 Å². The van der Waals surface area contributed by atoms with Crippen molar-refractivity contribution >= 4 is 29.5 Å². The molecule has 2 N–H and O–H groups in total. The molecular formula is C17H24N2O4S. The molecule has 0 saturated heterocycles. The van der Waals surface area contributed by atoms with Crippen LogP contribution in [0.4, 0.5) is 0 Å². The molecule has 7 heteroatoms. The van der Waals surface area contributed by atoms with E-state index in [2.05, 4.69) is 10.6 Å². The average molecular weight is 352 g/mol. The molecule has 0 radical (unpaired) electrons. The fourth-order valence-electron chi connectivity index (χ4n) is 1.96. The standard InChI is InChI=1S/C17H24N2O4S/c1-5-18-17(22)13(4)19-15(20)9-23-16(21)10-24-14-7-6-11(2)8-12(14)3/h6-8,13H,5,9-10H2,1-4H3,(H,18,22)(H,19,20)/t13-/m1/s1. The van der Waals surface area contributed by atoms with Crippen molar-refractivity contribution in [2.24, 2.45) is 0 Å². The van der Waals surface area contributed by atoms with Crippen molar-refractivity contribution in [3.63, 3.8) is 0 Å². The van der Waals surface area contributed by atoms with E-state index < -0.39 is 24.5 Å². The molecule has 132 valence electrons. The third-order valence-corrected chi connectivity index (χ3v) is 4.31. The molecule has 0 aliphatic rings. The van der Waals surface area contributed by atoms with E-state index in [1.807, 2.05) is 32.0 Å². The summed E-state index contributed by atoms with van der Waals surface area (Å²) in [5.41, 5.74) is 2.26. The van der Waals surface area contributed by atoms with Gasteiger partial charge >= 0.3 is 5.97 Å². The summed E-state index contributed by atoms with van der Waals surface area (Å²) in [6.07, 6.45) is 0. The molecule has 0 fully saturated rings. The van der Waals surface area contributed by atoms with E-state index in [4.69, 9.17) is 4.74 Å². The van der Waals surface area contributed by atoms with Crippen LogP contribution in [-0.2, 0) is 19.1 Å². The summed E-state index contributed by atoms with van der Waals surface area (Å²) in [5.74, 6) is -1.12. The van der Waals surface area contributed by atoms with Gasteiger partial charge in [0.1, 0.15) is 6.04 Å². The quantitative estimate of drug-likeness (QED) is 0.548. The number of nitrogens with one attached hydrogen (secondary N) is 2. The number of esters is 1. The van der Waals surface area contributed by atoms with Gasteiger partial charge < -0.3 is 15.4 Å². The van der Waals surface area contributed by atoms with Crippen molar-refractivity contribution < 1.29 is 19.1 Å². The highest BCUT2D eigenvalue weighted by Gasteiger charge is 2.16. The molecule has 0 unspecified atom stereocenters. The number of ether oxygens (including phenoxy) is 1. The number of carbonyl (C=O) groups excluding carboxylic acids is 3. The number of likely N-dealkylation sites (N-methyl/N-ethyl adjacent to an activating group) is 1. The van der Waals surface area contributed by atoms with Gasteiger partial charge in [-0.2, -0.15) is 0 Å². The zero-order valence-electron chi connectivity index (χ0n) is 14.5. The topological polar surface area (TPSA) is 84.5 Å². The molecule has 0 saturated carbocycles. The lowest BCUT2D eigenvalue weighted by atomic mass is 10.2. The van der Waals surface area contributed by atoms with Gasteiger partial charge in [-0.3, -0.25) is 14.4 Å². The van der Waals surface area contributed by atoms with E-state index in [1.165, 1.54) is 11.8 Å². The number of thioether (sulfide) groups is 1. The first-order valence-electron chi connectivity index (χ1n) is 7.76. The fourth-order valence-corrected chi connectivity index (χ4v) is 2.77. The Hall–Kier alpha value is -2.02. The molecule has 0 aromatic heterocycles. The summed E-state index contributed by atoms with van der Waals surface area (Å²) in [5, 5.41) is 5.07. The minimum atomic E-state index is -0.666. The van der Waals surface area contributed by atoms with Crippen molar-refractivity contribution in [3.05, 3.63) is 29.3 Å². The van der Waals surface area contributed by atoms with Gasteiger partial charge in [-0.25, -0.2) is 0 Å². The summed E-state index contributed by atoms with van der Waals surface area (Å²) in [6.45, 7) is 7.45. The molecule has 1 atom stereocenters. The van der Waals surface area contributed by atoms with Crippen LogP contribution in [0, 0.1) is 13.8 Å². The Morgan fingerprint density at radius 1 is 1.25 bits per heavy atom. The molecule has 2 amide bonds. The van der Waals surface area contributed by atoms with Crippen molar-refractivity contribution in [2.75, 3.05) is 18.9 Å². The highest BCUT2D eigenvalue weighted by molar-refractivity contribution is 8.00. The van der Waals surface area contributed by atoms with Crippen LogP contribution in [0.15, 0.2) is 23.1 Å². The predicted molar refractivity (Wildman–Crippen MR) is 93.9 cm³/mol. The smallest absolute Gasteiger partial charge is 0.316 e. The summed E-state index contributed by atoms with van der Waals surface area (Å²) in [7, 11) is 0. The summed E-state index contributed by atoms with van der Waals surface area (Å²) >= 11 is 1.37. The van der Waals surface area contributed by atoms with Crippen LogP contribution < -0.4 is 10.6 Å². The fraction of sp³-hybridized carbons (Fsp3) is 0.471. The Morgan fingerprint density at radius 2 is 1.96 bits per heavy atom. The number of hydrogen-bond donors (Lipinski definition) is 2. The Labute approximate surface area is 146 Å². The monoisotopic (exact) mass is 352 g/mol. The second kappa shape index (κ2) is 9.97. The number of hydrogen-bond acceptors (Lipinski definition) is 5. The summed E-state index contributed by atoms with van der Waals surface area (Å²) < 4.78 is 4.93. The van der Waals surface area contributed by atoms with Gasteiger partial charge in [0.25, 0.3) is 5.91 Å². The lowest BCUT2D eigenvalue weighted by Crippen LogP contribution is -2.46. The maximum Gasteiger partial charge on any atom is 0.316 e. The summed E-state index contributed by atoms with van der Waals surface area (Å²) in [4.78, 5) is 35.9. The number of aryl methyl sites for hydroxylation is 2. The van der Waals surface area contributed by atoms with Gasteiger partial charge in [-0.15, -0.1) is 11.8 Å². The molecule has 1 aromatic carbocycles. The van der Waals surface area contributed by atoms with Crippen LogP contribution >= 0.6 is 11.8 Å². The molecular weight excluding hydrogens is 328 g/mol. The lowest BCUT2D eigenvalue weighted by molar-refractivity contribution is -0.146. The van der Waals surface area contributed by atoms with Crippen LogP contribution in [0.2, 0.25) is 0 Å². The van der Waals surface area contributed by atoms with Crippen LogP contribution in [0.25, 0.3) is 0 Å². The number of rotatable bonds is 8. The van der Waals surface area contributed by atoms with E-state index in [1.54, 1.807) is 13.8 Å². The largest absolute Gasteiger partial charge is 0.455 e. The first kappa shape index (κ1) is 20.0. The van der Waals surface area contributed by atoms with Crippen molar-refractivity contribution in [1.29, 1.82) is 0 Å². The normalized spacial score (nSPS) is 11.5. The first-order chi connectivity index (χ1) is 11.3. The van der Waals surface area contributed by atoms with Crippen LogP contribution in [0.1, 0.15) is 25.0 Å². The number of carbonyl (C=O) groups is 3. The highest BCUT2D eigenvalue weighted by atomic mass is 32.2. The van der Waals surface area contributed by atoms with Gasteiger partial charge in [0.2, 0.25) is 5.91 Å². The Balaban J connectivity index is 2.33. The van der Waals surface area contributed by atoms with Crippen molar-refractivity contribution in [2.45, 2.75) is 38.6 Å². The number of benzene rings is 1. The molecule has 0 bridgehead atoms. The molecule has 1 rings (SSSR count). The molecule has 0 aliphatic heterocycles. The zero-order chi connectivity index (χ0) is 18.1. The third kappa shape index (κ3) is 7.04. The minimum absolute atomic E-state index is 0.128. The molecule has 1 aromatic rings. The van der Waals surface area contributed by atoms with Crippen LogP contribution in [0.5, 0.6) is 0 Å². The Kier molecular flexibility index (Phi) is 8.32. The molecule has 0 spiro atoms. The Morgan fingerprint density at radius 3 is 2.58 bits per heavy atom. The zero-order valence-corrected chi connectivity index (χ0v) is 15.3. The third-order valence-electron chi connectivity index (χ3n) is 3.16. The Bertz CT molecular complexity index is 604. The van der Waals surface area contributed by atoms with Crippen molar-refractivity contribution in [1.82, 2.24) is 10.6 Å². The second-order valence-corrected chi connectivity index (χ2v) is 6.42. The van der Waals surface area contributed by atoms with Crippen LogP contribution in [0.3, 0.4) is 0 Å². The van der Waals surface area contributed by atoms with E-state index in [-0.39, 0.29) is 11.7 Å². The van der Waals surface area contributed by atoms with E-state index in [0.29, 0.717) is 6.54 Å². The maximum absolute atomic E-state index is 11.7. The lowest BCUT2D eigenvalue weighted by Gasteiger charge is -2.13. The first-order valence-corrected chi connectivity index (χ1v) is 8.74. The maximum atomic E-state index is 11.7. The number of amides is 2. The molecule has 0 heterocycles. The SMILES string of the molecule is CCNC(=O)[C@@H](C)NC(=O)COC(=O)CSc1ccc(C)cc1C. The van der Waals surface area contributed by atoms with Crippen molar-refractivity contribution in [3.8, 4) is 0 Å². The molecule has 0 aliphatic carbocycles. The molecule has 24 heavy (non-hydrogen) atoms. The minimum Gasteiger partial charge on any atom is -0.455 e. The van der Waals surface area contributed by atoms with E-state index in [9.17, 15) is 14.4 Å². The van der Waals surface area contributed by atoms with E-state index in [0.717, 1.165) is 16.0 Å². The second-order valence-electron chi connectivity index (χ2n) is 5.40. The van der Waals surface area contributed by atoms with Crippen LogP contribution in [-0.4, -0.2) is 42.7 Å². The van der Waals surface area contributed by atoms with Gasteiger partial charge in [-0.05, 0) is 39.3 Å². The van der Waals surface area contributed by atoms with Gasteiger partial charge in [0, 0.05) is 11.4 Å². The van der Waals surface area contributed by atoms with E-state index >= 15 is 0 Å². The highest BCUT2D eigenvalue weighted by Crippen LogP contribution is 2.23. The van der Waals surface area contributed by atoms with Gasteiger partial charge in [0.05, 0.1) is 5.75 Å². The molecule has 6 nitrogen and oxygen atoms in total.